The number of allylic oxidation sites excluding steroid dienone is 1. The predicted octanol–water partition coefficient (Wildman–Crippen LogP) is 1.38. The topological polar surface area (TPSA) is 0 Å². The van der Waals surface area contributed by atoms with Crippen LogP contribution in [0.5, 0.6) is 0 Å². The van der Waals surface area contributed by atoms with Crippen molar-refractivity contribution in [3.8, 4) is 0 Å². The standard InChI is InChI=1S/C4H7.Re.Y/c1-4(2)3;;/h1H,2-3H3;;/q-1;;. The van der Waals surface area contributed by atoms with Gasteiger partial charge in [-0.25, -0.2) is 0 Å². The average Bonchev–Trinajstić information content (AvgIpc) is 0.811. The molecule has 0 aromatic heterocycles. The molecule has 0 amide bonds. The Hall–Kier alpha value is 1.51. The van der Waals surface area contributed by atoms with E-state index >= 15 is 0 Å². The van der Waals surface area contributed by atoms with Crippen molar-refractivity contribution in [2.75, 3.05) is 0 Å². The Balaban J connectivity index is -0.0000000450. The number of hydrogen-bond acceptors (Lipinski definition) is 0. The molecule has 0 bridgehead atoms. The molecule has 0 spiro atoms. The first-order valence-corrected chi connectivity index (χ1v) is 1.29. The zero-order valence-corrected chi connectivity index (χ0v) is 9.59. The quantitative estimate of drug-likeness (QED) is 0.589. The molecule has 0 aromatic carbocycles. The summed E-state index contributed by atoms with van der Waals surface area (Å²) in [7, 11) is 0. The number of hydrogen-bond donors (Lipinski definition) is 0. The van der Waals surface area contributed by atoms with E-state index in [2.05, 4.69) is 0 Å². The van der Waals surface area contributed by atoms with Gasteiger partial charge in [-0.05, 0) is 0 Å². The van der Waals surface area contributed by atoms with Gasteiger partial charge >= 0.3 is 0 Å². The molecule has 0 aliphatic rings. The van der Waals surface area contributed by atoms with E-state index in [1.54, 1.807) is 0 Å². The monoisotopic (exact) mass is 331 g/mol. The summed E-state index contributed by atoms with van der Waals surface area (Å²) in [4.78, 5) is 0. The third-order valence-corrected chi connectivity index (χ3v) is 0. The average molecular weight is 330 g/mol. The van der Waals surface area contributed by atoms with Crippen LogP contribution >= 0.6 is 0 Å². The SMILES string of the molecule is [CH-]=C(C)C.[Re].[Y]. The van der Waals surface area contributed by atoms with E-state index in [1.807, 2.05) is 13.8 Å². The van der Waals surface area contributed by atoms with Crippen LogP contribution in [-0.2, 0) is 53.1 Å². The molecule has 0 aliphatic carbocycles. The first kappa shape index (κ1) is 15.6. The fourth-order valence-electron chi connectivity index (χ4n) is 0. The maximum absolute atomic E-state index is 5.03. The van der Waals surface area contributed by atoms with Crippen LogP contribution in [0.2, 0.25) is 0 Å². The Morgan fingerprint density at radius 1 is 1.33 bits per heavy atom. The van der Waals surface area contributed by atoms with Gasteiger partial charge in [-0.1, -0.05) is 13.8 Å². The van der Waals surface area contributed by atoms with Gasteiger partial charge in [-0.2, -0.15) is 0 Å². The third kappa shape index (κ3) is 49.3. The first-order chi connectivity index (χ1) is 1.73. The zero-order chi connectivity index (χ0) is 3.58. The molecule has 2 radical (unpaired) electrons. The fraction of sp³-hybridized carbons (Fsp3) is 0.500. The van der Waals surface area contributed by atoms with Gasteiger partial charge in [0.05, 0.1) is 0 Å². The Morgan fingerprint density at radius 3 is 1.33 bits per heavy atom. The smallest absolute Gasteiger partial charge is 0 e. The molecule has 0 aliphatic heterocycles. The molecule has 0 nitrogen and oxygen atoms in total. The normalized spacial score (nSPS) is 4.33. The van der Waals surface area contributed by atoms with E-state index < -0.39 is 0 Å². The predicted molar refractivity (Wildman–Crippen MR) is 19.2 cm³/mol. The Bertz CT molecular complexity index is 30.5. The van der Waals surface area contributed by atoms with Crippen LogP contribution in [0.4, 0.5) is 0 Å². The summed E-state index contributed by atoms with van der Waals surface area (Å²) in [5.41, 5.74) is 0.917. The van der Waals surface area contributed by atoms with E-state index in [0.717, 1.165) is 5.57 Å². The molecule has 0 saturated heterocycles. The van der Waals surface area contributed by atoms with Gasteiger partial charge < -0.3 is 6.58 Å². The summed E-state index contributed by atoms with van der Waals surface area (Å²) in [6.07, 6.45) is 0. The summed E-state index contributed by atoms with van der Waals surface area (Å²) in [5, 5.41) is 0. The second-order valence-corrected chi connectivity index (χ2v) is 1.08. The van der Waals surface area contributed by atoms with Crippen LogP contribution in [0.15, 0.2) is 5.57 Å². The van der Waals surface area contributed by atoms with Crippen LogP contribution < -0.4 is 0 Å². The molecule has 0 fully saturated rings. The van der Waals surface area contributed by atoms with Crippen molar-refractivity contribution in [1.82, 2.24) is 0 Å². The van der Waals surface area contributed by atoms with Crippen LogP contribution in [0, 0.1) is 6.58 Å². The zero-order valence-electron chi connectivity index (χ0n) is 4.03. The van der Waals surface area contributed by atoms with E-state index in [9.17, 15) is 0 Å². The molecular formula is C4H7ReY-. The van der Waals surface area contributed by atoms with Crippen LogP contribution in [0.1, 0.15) is 13.8 Å². The first-order valence-electron chi connectivity index (χ1n) is 1.29. The fourth-order valence-corrected chi connectivity index (χ4v) is 0. The van der Waals surface area contributed by atoms with Gasteiger partial charge in [0.25, 0.3) is 0 Å². The van der Waals surface area contributed by atoms with Gasteiger partial charge in [-0.3, -0.25) is 5.57 Å². The Morgan fingerprint density at radius 2 is 1.33 bits per heavy atom. The summed E-state index contributed by atoms with van der Waals surface area (Å²) >= 11 is 0. The van der Waals surface area contributed by atoms with Crippen LogP contribution in [-0.4, -0.2) is 0 Å². The second kappa shape index (κ2) is 9.71. The molecule has 0 saturated carbocycles. The van der Waals surface area contributed by atoms with Gasteiger partial charge in [0, 0.05) is 53.1 Å². The largest absolute Gasteiger partial charge is 0.515 e. The minimum Gasteiger partial charge on any atom is -0.515 e. The van der Waals surface area contributed by atoms with E-state index in [1.165, 1.54) is 0 Å². The second-order valence-electron chi connectivity index (χ2n) is 1.08. The van der Waals surface area contributed by atoms with Crippen molar-refractivity contribution < 1.29 is 53.1 Å². The van der Waals surface area contributed by atoms with E-state index in [4.69, 9.17) is 6.58 Å². The summed E-state index contributed by atoms with van der Waals surface area (Å²) in [6, 6.07) is 0. The summed E-state index contributed by atoms with van der Waals surface area (Å²) in [6.45, 7) is 8.75. The Kier molecular flexibility index (Phi) is 25.3. The minimum atomic E-state index is 0. The molecule has 6 heavy (non-hydrogen) atoms. The van der Waals surface area contributed by atoms with Crippen molar-refractivity contribution >= 4 is 0 Å². The Labute approximate surface area is 78.3 Å². The molecule has 2 heteroatoms. The third-order valence-electron chi connectivity index (χ3n) is 0. The van der Waals surface area contributed by atoms with Crippen molar-refractivity contribution in [1.29, 1.82) is 0 Å². The molecule has 0 rings (SSSR count). The molecular weight excluding hydrogens is 323 g/mol. The van der Waals surface area contributed by atoms with Gasteiger partial charge in [0.1, 0.15) is 0 Å². The van der Waals surface area contributed by atoms with Crippen molar-refractivity contribution in [3.63, 3.8) is 0 Å². The van der Waals surface area contributed by atoms with Crippen molar-refractivity contribution in [2.45, 2.75) is 13.8 Å². The molecule has 0 aromatic rings. The van der Waals surface area contributed by atoms with E-state index in [-0.39, 0.29) is 53.1 Å². The molecule has 0 heterocycles. The maximum atomic E-state index is 5.03. The minimum absolute atomic E-state index is 0. The van der Waals surface area contributed by atoms with Gasteiger partial charge in [0.2, 0.25) is 0 Å². The number of rotatable bonds is 0. The van der Waals surface area contributed by atoms with Gasteiger partial charge in [-0.15, -0.1) is 0 Å². The summed E-state index contributed by atoms with van der Waals surface area (Å²) < 4.78 is 0. The van der Waals surface area contributed by atoms with Crippen LogP contribution in [0.25, 0.3) is 0 Å². The summed E-state index contributed by atoms with van der Waals surface area (Å²) in [5.74, 6) is 0. The van der Waals surface area contributed by atoms with Gasteiger partial charge in [0.15, 0.2) is 0 Å². The molecule has 0 N–H and O–H groups in total. The van der Waals surface area contributed by atoms with Crippen LogP contribution in [0.3, 0.4) is 0 Å². The maximum Gasteiger partial charge on any atom is 0 e. The van der Waals surface area contributed by atoms with E-state index in [0.29, 0.717) is 0 Å². The molecule has 0 unspecified atom stereocenters. The van der Waals surface area contributed by atoms with Crippen molar-refractivity contribution in [2.24, 2.45) is 0 Å². The van der Waals surface area contributed by atoms with Crippen molar-refractivity contribution in [3.05, 3.63) is 12.2 Å². The molecule has 34 valence electrons. The molecule has 0 atom stereocenters.